The van der Waals surface area contributed by atoms with Crippen LogP contribution in [0.4, 0.5) is 17.1 Å². The molecule has 3 nitrogen and oxygen atoms in total. The second-order valence-electron chi connectivity index (χ2n) is 16.1. The molecule has 13 rings (SSSR count). The highest BCUT2D eigenvalue weighted by molar-refractivity contribution is 7.25. The number of para-hydroxylation sites is 2. The van der Waals surface area contributed by atoms with Crippen molar-refractivity contribution in [2.24, 2.45) is 0 Å². The lowest BCUT2D eigenvalue weighted by Gasteiger charge is -2.26. The van der Waals surface area contributed by atoms with Gasteiger partial charge in [0.25, 0.3) is 0 Å². The third kappa shape index (κ3) is 5.44. The van der Waals surface area contributed by atoms with Crippen molar-refractivity contribution in [3.8, 4) is 27.9 Å². The van der Waals surface area contributed by atoms with E-state index < -0.39 is 0 Å². The van der Waals surface area contributed by atoms with Crippen LogP contribution in [0.5, 0.6) is 0 Å². The maximum atomic E-state index is 6.79. The number of benzene rings is 10. The third-order valence-electron chi connectivity index (χ3n) is 12.6. The minimum atomic E-state index is 0.861. The Hall–Kier alpha value is -7.92. The molecule has 290 valence electrons. The molecule has 0 spiro atoms. The Morgan fingerprint density at radius 3 is 1.92 bits per heavy atom. The van der Waals surface area contributed by atoms with E-state index in [1.54, 1.807) is 0 Å². The van der Waals surface area contributed by atoms with Crippen molar-refractivity contribution in [3.63, 3.8) is 0 Å². The van der Waals surface area contributed by atoms with E-state index in [1.165, 1.54) is 58.3 Å². The lowest BCUT2D eigenvalue weighted by molar-refractivity contribution is 0.670. The Morgan fingerprint density at radius 2 is 1.05 bits per heavy atom. The molecule has 0 aliphatic rings. The van der Waals surface area contributed by atoms with Gasteiger partial charge in [0.05, 0.1) is 11.0 Å². The van der Waals surface area contributed by atoms with E-state index in [2.05, 4.69) is 228 Å². The van der Waals surface area contributed by atoms with Crippen molar-refractivity contribution >= 4 is 103 Å². The van der Waals surface area contributed by atoms with Crippen molar-refractivity contribution in [1.29, 1.82) is 0 Å². The fourth-order valence-corrected chi connectivity index (χ4v) is 10.8. The lowest BCUT2D eigenvalue weighted by atomic mass is 10.0. The average molecular weight is 809 g/mol. The number of furan rings is 1. The zero-order chi connectivity index (χ0) is 40.7. The quantitative estimate of drug-likeness (QED) is 0.167. The topological polar surface area (TPSA) is 21.3 Å². The lowest BCUT2D eigenvalue weighted by Crippen LogP contribution is -2.09. The van der Waals surface area contributed by atoms with Gasteiger partial charge in [-0.3, -0.25) is 0 Å². The molecular weight excluding hydrogens is 773 g/mol. The first-order valence-electron chi connectivity index (χ1n) is 21.1. The monoisotopic (exact) mass is 808 g/mol. The second-order valence-corrected chi connectivity index (χ2v) is 17.2. The summed E-state index contributed by atoms with van der Waals surface area (Å²) in [5.41, 5.74) is 13.1. The Labute approximate surface area is 361 Å². The fraction of sp³-hybridized carbons (Fsp3) is 0. The number of aromatic nitrogens is 1. The molecular formula is C58H36N2OS. The summed E-state index contributed by atoms with van der Waals surface area (Å²) in [7, 11) is 0. The first-order valence-corrected chi connectivity index (χ1v) is 21.9. The van der Waals surface area contributed by atoms with Gasteiger partial charge in [0.1, 0.15) is 11.2 Å². The number of rotatable bonds is 6. The molecule has 0 N–H and O–H groups in total. The highest BCUT2D eigenvalue weighted by Crippen LogP contribution is 2.44. The number of thiophene rings is 1. The number of hydrogen-bond donors (Lipinski definition) is 0. The van der Waals surface area contributed by atoms with E-state index in [0.29, 0.717) is 0 Å². The van der Waals surface area contributed by atoms with Crippen LogP contribution in [0.25, 0.3) is 103 Å². The van der Waals surface area contributed by atoms with Crippen LogP contribution in [0.15, 0.2) is 223 Å². The zero-order valence-electron chi connectivity index (χ0n) is 33.5. The first-order chi connectivity index (χ1) is 30.7. The predicted molar refractivity (Wildman–Crippen MR) is 264 cm³/mol. The van der Waals surface area contributed by atoms with Crippen LogP contribution in [0, 0.1) is 0 Å². The van der Waals surface area contributed by atoms with Gasteiger partial charge in [-0.15, -0.1) is 11.3 Å². The summed E-state index contributed by atoms with van der Waals surface area (Å²) in [6.07, 6.45) is 0. The van der Waals surface area contributed by atoms with Crippen molar-refractivity contribution in [3.05, 3.63) is 218 Å². The molecule has 62 heavy (non-hydrogen) atoms. The van der Waals surface area contributed by atoms with Gasteiger partial charge in [-0.2, -0.15) is 0 Å². The van der Waals surface area contributed by atoms with Gasteiger partial charge >= 0.3 is 0 Å². The average Bonchev–Trinajstić information content (AvgIpc) is 4.01. The SMILES string of the molecule is c1ccc(-c2cccc3c2oc2cc(N(c4ccc(-c5ccc6c7ccc8ccccc8c7n(-c7ccccc7)c6c5)cc4)c4ccc5sc6ccccc6c5c4)ccc23)cc1. The van der Waals surface area contributed by atoms with E-state index in [1.807, 2.05) is 11.3 Å². The molecule has 0 fully saturated rings. The Bertz CT molecular complexity index is 3860. The van der Waals surface area contributed by atoms with Crippen molar-refractivity contribution < 1.29 is 4.42 Å². The summed E-state index contributed by atoms with van der Waals surface area (Å²) in [6.45, 7) is 0. The third-order valence-corrected chi connectivity index (χ3v) is 13.7. The molecule has 0 atom stereocenters. The van der Waals surface area contributed by atoms with Crippen molar-refractivity contribution in [2.75, 3.05) is 4.90 Å². The Balaban J connectivity index is 0.966. The standard InChI is InChI=1S/C58H36N2OS/c1-3-12-38(13-4-1)46-19-11-20-51-48-32-28-44(36-54(48)61-58(46)51)59(43-29-33-56-52(35-43)49-18-9-10-21-55(49)62-56)42-26-22-37(23-27-42)40-25-30-47-50-31-24-39-14-7-8-17-45(39)57(50)60(53(47)34-40)41-15-5-2-6-16-41/h1-36H. The smallest absolute Gasteiger partial charge is 0.143 e. The second kappa shape index (κ2) is 13.8. The highest BCUT2D eigenvalue weighted by atomic mass is 32.1. The zero-order valence-corrected chi connectivity index (χ0v) is 34.3. The highest BCUT2D eigenvalue weighted by Gasteiger charge is 2.20. The van der Waals surface area contributed by atoms with Gasteiger partial charge in [0.2, 0.25) is 0 Å². The summed E-state index contributed by atoms with van der Waals surface area (Å²) in [6, 6.07) is 79.1. The summed E-state index contributed by atoms with van der Waals surface area (Å²) in [4.78, 5) is 2.36. The number of hydrogen-bond acceptors (Lipinski definition) is 3. The molecule has 13 aromatic rings. The Morgan fingerprint density at radius 1 is 0.387 bits per heavy atom. The van der Waals surface area contributed by atoms with Gasteiger partial charge in [-0.05, 0) is 88.8 Å². The van der Waals surface area contributed by atoms with Crippen molar-refractivity contribution in [1.82, 2.24) is 4.57 Å². The van der Waals surface area contributed by atoms with Gasteiger partial charge in [-0.1, -0.05) is 146 Å². The molecule has 4 heteroatoms. The molecule has 0 saturated heterocycles. The predicted octanol–water partition coefficient (Wildman–Crippen LogP) is 17.0. The molecule has 0 unspecified atom stereocenters. The van der Waals surface area contributed by atoms with Gasteiger partial charge < -0.3 is 13.9 Å². The van der Waals surface area contributed by atoms with Gasteiger partial charge in [0, 0.05) is 81.5 Å². The summed E-state index contributed by atoms with van der Waals surface area (Å²) in [5.74, 6) is 0. The normalized spacial score (nSPS) is 11.9. The maximum absolute atomic E-state index is 6.79. The van der Waals surface area contributed by atoms with Crippen LogP contribution in [0.3, 0.4) is 0 Å². The van der Waals surface area contributed by atoms with Gasteiger partial charge in [0.15, 0.2) is 0 Å². The summed E-state index contributed by atoms with van der Waals surface area (Å²) in [5, 5.41) is 9.76. The minimum Gasteiger partial charge on any atom is -0.455 e. The first kappa shape index (κ1) is 34.9. The molecule has 0 aliphatic heterocycles. The molecule has 0 saturated carbocycles. The molecule has 10 aromatic carbocycles. The molecule has 0 amide bonds. The number of fused-ring (bicyclic) bond motifs is 11. The van der Waals surface area contributed by atoms with Crippen molar-refractivity contribution in [2.45, 2.75) is 0 Å². The van der Waals surface area contributed by atoms with Crippen LogP contribution in [-0.4, -0.2) is 4.57 Å². The van der Waals surface area contributed by atoms with Crippen LogP contribution in [0.2, 0.25) is 0 Å². The van der Waals surface area contributed by atoms with E-state index in [0.717, 1.165) is 61.4 Å². The Kier molecular flexibility index (Phi) is 7.78. The van der Waals surface area contributed by atoms with Crippen LogP contribution in [-0.2, 0) is 0 Å². The van der Waals surface area contributed by atoms with Crippen LogP contribution >= 0.6 is 11.3 Å². The van der Waals surface area contributed by atoms with E-state index in [9.17, 15) is 0 Å². The molecule has 3 aromatic heterocycles. The van der Waals surface area contributed by atoms with Crippen LogP contribution in [0.1, 0.15) is 0 Å². The molecule has 0 radical (unpaired) electrons. The van der Waals surface area contributed by atoms with E-state index in [4.69, 9.17) is 4.42 Å². The van der Waals surface area contributed by atoms with E-state index >= 15 is 0 Å². The number of nitrogens with zero attached hydrogens (tertiary/aromatic N) is 2. The number of anilines is 3. The maximum Gasteiger partial charge on any atom is 0.143 e. The fourth-order valence-electron chi connectivity index (χ4n) is 9.68. The molecule has 3 heterocycles. The summed E-state index contributed by atoms with van der Waals surface area (Å²) >= 11 is 1.84. The minimum absolute atomic E-state index is 0.861. The summed E-state index contributed by atoms with van der Waals surface area (Å²) < 4.78 is 11.8. The largest absolute Gasteiger partial charge is 0.455 e. The van der Waals surface area contributed by atoms with Crippen LogP contribution < -0.4 is 4.90 Å². The van der Waals surface area contributed by atoms with Gasteiger partial charge in [-0.25, -0.2) is 0 Å². The van der Waals surface area contributed by atoms with E-state index in [-0.39, 0.29) is 0 Å². The molecule has 0 bridgehead atoms. The molecule has 0 aliphatic carbocycles.